The quantitative estimate of drug-likeness (QED) is 0.585. The first-order valence-corrected chi connectivity index (χ1v) is 7.40. The second kappa shape index (κ2) is 7.91. The van der Waals surface area contributed by atoms with Crippen molar-refractivity contribution in [1.82, 2.24) is 5.32 Å². The van der Waals surface area contributed by atoms with E-state index in [0.29, 0.717) is 11.3 Å². The molecule has 0 heterocycles. The Kier molecular flexibility index (Phi) is 5.67. The molecule has 8 nitrogen and oxygen atoms in total. The van der Waals surface area contributed by atoms with Crippen molar-refractivity contribution in [2.75, 3.05) is 6.61 Å². The minimum atomic E-state index is -0.566. The zero-order valence-electron chi connectivity index (χ0n) is 13.5. The summed E-state index contributed by atoms with van der Waals surface area (Å²) in [4.78, 5) is 33.3. The monoisotopic (exact) mass is 343 g/mol. The number of nitro groups is 1. The third-order valence-electron chi connectivity index (χ3n) is 3.50. The molecule has 0 aliphatic carbocycles. The Morgan fingerprint density at radius 3 is 2.48 bits per heavy atom. The van der Waals surface area contributed by atoms with Gasteiger partial charge in [0.1, 0.15) is 5.75 Å². The number of carbonyl (C=O) groups is 2. The molecule has 8 heteroatoms. The molecule has 0 saturated carbocycles. The molecule has 0 atom stereocenters. The Hall–Kier alpha value is -3.42. The van der Waals surface area contributed by atoms with Crippen molar-refractivity contribution < 1.29 is 19.2 Å². The highest BCUT2D eigenvalue weighted by Gasteiger charge is 2.17. The van der Waals surface area contributed by atoms with E-state index in [4.69, 9.17) is 10.5 Å². The van der Waals surface area contributed by atoms with Gasteiger partial charge in [0.25, 0.3) is 17.5 Å². The van der Waals surface area contributed by atoms with E-state index in [-0.39, 0.29) is 24.4 Å². The minimum Gasteiger partial charge on any atom is -0.484 e. The van der Waals surface area contributed by atoms with E-state index >= 15 is 0 Å². The van der Waals surface area contributed by atoms with Crippen LogP contribution in [-0.2, 0) is 11.3 Å². The van der Waals surface area contributed by atoms with Crippen LogP contribution >= 0.6 is 0 Å². The number of rotatable bonds is 7. The van der Waals surface area contributed by atoms with Gasteiger partial charge in [0.15, 0.2) is 6.61 Å². The van der Waals surface area contributed by atoms with Gasteiger partial charge in [-0.15, -0.1) is 0 Å². The number of hydrogen-bond acceptors (Lipinski definition) is 5. The zero-order chi connectivity index (χ0) is 18.4. The molecule has 25 heavy (non-hydrogen) atoms. The summed E-state index contributed by atoms with van der Waals surface area (Å²) in [6.07, 6.45) is 0. The van der Waals surface area contributed by atoms with Crippen molar-refractivity contribution in [3.8, 4) is 5.75 Å². The number of amides is 2. The van der Waals surface area contributed by atoms with E-state index in [2.05, 4.69) is 5.32 Å². The number of benzene rings is 2. The van der Waals surface area contributed by atoms with Gasteiger partial charge in [0, 0.05) is 23.7 Å². The number of ether oxygens (including phenoxy) is 1. The van der Waals surface area contributed by atoms with Crippen LogP contribution in [0.2, 0.25) is 0 Å². The molecule has 0 unspecified atom stereocenters. The molecule has 2 rings (SSSR count). The van der Waals surface area contributed by atoms with E-state index in [0.717, 1.165) is 5.56 Å². The molecule has 0 radical (unpaired) electrons. The molecule has 2 aromatic rings. The fourth-order valence-corrected chi connectivity index (χ4v) is 2.20. The summed E-state index contributed by atoms with van der Waals surface area (Å²) >= 11 is 0. The maximum absolute atomic E-state index is 12.2. The Morgan fingerprint density at radius 2 is 1.88 bits per heavy atom. The lowest BCUT2D eigenvalue weighted by Crippen LogP contribution is -2.23. The van der Waals surface area contributed by atoms with Gasteiger partial charge in [-0.3, -0.25) is 19.7 Å². The van der Waals surface area contributed by atoms with Gasteiger partial charge < -0.3 is 15.8 Å². The Balaban J connectivity index is 1.99. The van der Waals surface area contributed by atoms with Crippen LogP contribution in [0.3, 0.4) is 0 Å². The molecule has 130 valence electrons. The van der Waals surface area contributed by atoms with Crippen molar-refractivity contribution >= 4 is 17.5 Å². The zero-order valence-corrected chi connectivity index (χ0v) is 13.5. The van der Waals surface area contributed by atoms with Gasteiger partial charge in [-0.1, -0.05) is 18.2 Å². The number of nitro benzene ring substituents is 1. The smallest absolute Gasteiger partial charge is 0.273 e. The van der Waals surface area contributed by atoms with Gasteiger partial charge in [-0.2, -0.15) is 0 Å². The lowest BCUT2D eigenvalue weighted by molar-refractivity contribution is -0.385. The van der Waals surface area contributed by atoms with Crippen LogP contribution in [0.25, 0.3) is 0 Å². The highest BCUT2D eigenvalue weighted by Crippen LogP contribution is 2.21. The van der Waals surface area contributed by atoms with Crippen LogP contribution in [0.15, 0.2) is 42.5 Å². The molecule has 0 fully saturated rings. The van der Waals surface area contributed by atoms with Crippen molar-refractivity contribution in [3.05, 3.63) is 69.3 Å². The Morgan fingerprint density at radius 1 is 1.20 bits per heavy atom. The maximum atomic E-state index is 12.2. The number of hydrogen-bond donors (Lipinski definition) is 2. The summed E-state index contributed by atoms with van der Waals surface area (Å²) in [5.41, 5.74) is 6.29. The van der Waals surface area contributed by atoms with Crippen LogP contribution in [0.1, 0.15) is 21.5 Å². The molecule has 2 amide bonds. The molecular weight excluding hydrogens is 326 g/mol. The van der Waals surface area contributed by atoms with E-state index in [1.54, 1.807) is 30.3 Å². The minimum absolute atomic E-state index is 0.0939. The Bertz CT molecular complexity index is 802. The molecule has 3 N–H and O–H groups in total. The van der Waals surface area contributed by atoms with Crippen LogP contribution in [0.5, 0.6) is 5.75 Å². The van der Waals surface area contributed by atoms with Crippen molar-refractivity contribution in [3.63, 3.8) is 0 Å². The first-order valence-electron chi connectivity index (χ1n) is 7.40. The molecule has 0 spiro atoms. The third-order valence-corrected chi connectivity index (χ3v) is 3.50. The fourth-order valence-electron chi connectivity index (χ4n) is 2.20. The Labute approximate surface area is 143 Å². The summed E-state index contributed by atoms with van der Waals surface area (Å²) in [6, 6.07) is 11.2. The van der Waals surface area contributed by atoms with Crippen molar-refractivity contribution in [1.29, 1.82) is 0 Å². The van der Waals surface area contributed by atoms with E-state index in [1.807, 2.05) is 0 Å². The summed E-state index contributed by atoms with van der Waals surface area (Å²) in [6.45, 7) is 1.58. The molecule has 0 aliphatic rings. The maximum Gasteiger partial charge on any atom is 0.273 e. The predicted molar refractivity (Wildman–Crippen MR) is 90.1 cm³/mol. The van der Waals surface area contributed by atoms with Gasteiger partial charge in [-0.05, 0) is 30.7 Å². The number of nitrogens with two attached hydrogens (primary N) is 1. The predicted octanol–water partition coefficient (Wildman–Crippen LogP) is 1.70. The van der Waals surface area contributed by atoms with Gasteiger partial charge in [0.2, 0.25) is 0 Å². The number of nitrogens with zero attached hydrogens (tertiary/aromatic N) is 1. The summed E-state index contributed by atoms with van der Waals surface area (Å²) < 4.78 is 5.14. The second-order valence-electron chi connectivity index (χ2n) is 5.29. The van der Waals surface area contributed by atoms with E-state index < -0.39 is 16.7 Å². The first kappa shape index (κ1) is 17.9. The second-order valence-corrected chi connectivity index (χ2v) is 5.29. The van der Waals surface area contributed by atoms with Crippen molar-refractivity contribution in [2.24, 2.45) is 5.73 Å². The van der Waals surface area contributed by atoms with Crippen molar-refractivity contribution in [2.45, 2.75) is 13.5 Å². The van der Waals surface area contributed by atoms with E-state index in [1.165, 1.54) is 19.1 Å². The average Bonchev–Trinajstić information content (AvgIpc) is 2.58. The van der Waals surface area contributed by atoms with Gasteiger partial charge >= 0.3 is 0 Å². The summed E-state index contributed by atoms with van der Waals surface area (Å²) in [5.74, 6) is -0.470. The van der Waals surface area contributed by atoms with Crippen LogP contribution in [0, 0.1) is 17.0 Å². The van der Waals surface area contributed by atoms with E-state index in [9.17, 15) is 19.7 Å². The first-order chi connectivity index (χ1) is 11.9. The molecule has 0 bridgehead atoms. The van der Waals surface area contributed by atoms with Crippen LogP contribution in [-0.4, -0.2) is 23.3 Å². The molecule has 0 saturated heterocycles. The largest absolute Gasteiger partial charge is 0.484 e. The van der Waals surface area contributed by atoms with Crippen LogP contribution < -0.4 is 15.8 Å². The number of nitrogens with one attached hydrogen (secondary N) is 1. The fraction of sp³-hybridized carbons (Fsp3) is 0.176. The highest BCUT2D eigenvalue weighted by molar-refractivity contribution is 5.96. The third kappa shape index (κ3) is 4.77. The molecule has 0 aliphatic heterocycles. The molecular formula is C17H17N3O5. The standard InChI is InChI=1S/C17H17N3O5/c1-11-14(3-2-4-15(11)20(23)24)17(22)19-9-12-5-7-13(8-6-12)25-10-16(18)21/h2-8H,9-10H2,1H3,(H2,18,21)(H,19,22). The summed E-state index contributed by atoms with van der Waals surface area (Å²) in [7, 11) is 0. The van der Waals surface area contributed by atoms with Gasteiger partial charge in [-0.25, -0.2) is 0 Å². The highest BCUT2D eigenvalue weighted by atomic mass is 16.6. The lowest BCUT2D eigenvalue weighted by Gasteiger charge is -2.09. The van der Waals surface area contributed by atoms with Crippen LogP contribution in [0.4, 0.5) is 5.69 Å². The SMILES string of the molecule is Cc1c(C(=O)NCc2ccc(OCC(N)=O)cc2)cccc1[N+](=O)[O-]. The number of primary amides is 1. The lowest BCUT2D eigenvalue weighted by atomic mass is 10.1. The normalized spacial score (nSPS) is 10.1. The topological polar surface area (TPSA) is 125 Å². The summed E-state index contributed by atoms with van der Waals surface area (Å²) in [5, 5.41) is 13.7. The average molecular weight is 343 g/mol. The van der Waals surface area contributed by atoms with Gasteiger partial charge in [0.05, 0.1) is 4.92 Å². The molecule has 0 aromatic heterocycles. The molecule has 2 aromatic carbocycles. The number of carbonyl (C=O) groups excluding carboxylic acids is 2.